The fourth-order valence-corrected chi connectivity index (χ4v) is 3.74. The molecule has 2 aromatic carbocycles. The monoisotopic (exact) mass is 414 g/mol. The summed E-state index contributed by atoms with van der Waals surface area (Å²) in [5, 5.41) is 20.2. The van der Waals surface area contributed by atoms with Crippen LogP contribution in [-0.2, 0) is 12.3 Å². The highest BCUT2D eigenvalue weighted by Gasteiger charge is 2.19. The van der Waals surface area contributed by atoms with Crippen molar-refractivity contribution in [1.29, 1.82) is 0 Å². The average molecular weight is 414 g/mol. The third kappa shape index (κ3) is 5.05. The minimum atomic E-state index is -0.402. The molecule has 0 aliphatic rings. The van der Waals surface area contributed by atoms with Gasteiger partial charge >= 0.3 is 0 Å². The topological polar surface area (TPSA) is 92.3 Å². The Kier molecular flexibility index (Phi) is 6.71. The smallest absolute Gasteiger partial charge is 0.269 e. The number of methoxy groups -OCH3 is 1. The highest BCUT2D eigenvalue weighted by Crippen LogP contribution is 2.27. The molecule has 0 saturated carbocycles. The van der Waals surface area contributed by atoms with Gasteiger partial charge in [-0.25, -0.2) is 0 Å². The zero-order chi connectivity index (χ0) is 20.8. The van der Waals surface area contributed by atoms with E-state index in [1.165, 1.54) is 23.9 Å². The second-order valence-electron chi connectivity index (χ2n) is 6.23. The van der Waals surface area contributed by atoms with Gasteiger partial charge in [-0.2, -0.15) is 0 Å². The van der Waals surface area contributed by atoms with Gasteiger partial charge in [-0.05, 0) is 43.7 Å². The largest absolute Gasteiger partial charge is 0.497 e. The molecule has 0 N–H and O–H groups in total. The summed E-state index contributed by atoms with van der Waals surface area (Å²) in [6.45, 7) is 4.68. The van der Waals surface area contributed by atoms with Crippen LogP contribution < -0.4 is 9.47 Å². The number of nitro groups is 1. The Bertz CT molecular complexity index is 958. The summed E-state index contributed by atoms with van der Waals surface area (Å²) in [6.07, 6.45) is -0.274. The zero-order valence-electron chi connectivity index (χ0n) is 16.4. The summed E-state index contributed by atoms with van der Waals surface area (Å²) in [6, 6.07) is 13.9. The van der Waals surface area contributed by atoms with Crippen molar-refractivity contribution < 1.29 is 14.4 Å². The molecule has 1 heterocycles. The van der Waals surface area contributed by atoms with Gasteiger partial charge in [-0.15, -0.1) is 10.2 Å². The van der Waals surface area contributed by atoms with Crippen molar-refractivity contribution in [3.8, 4) is 11.5 Å². The number of non-ortho nitro benzene ring substituents is 1. The van der Waals surface area contributed by atoms with Crippen molar-refractivity contribution in [2.24, 2.45) is 0 Å². The van der Waals surface area contributed by atoms with Crippen LogP contribution in [0.4, 0.5) is 5.69 Å². The fourth-order valence-electron chi connectivity index (χ4n) is 2.78. The van der Waals surface area contributed by atoms with Crippen molar-refractivity contribution in [3.63, 3.8) is 0 Å². The van der Waals surface area contributed by atoms with Crippen LogP contribution in [0.25, 0.3) is 0 Å². The van der Waals surface area contributed by atoms with Crippen LogP contribution in [0.1, 0.15) is 31.3 Å². The SMILES string of the molecule is CCn1c(SCc2ccc([N+](=O)[O-])cc2)nnc1C(C)Oc1ccc(OC)cc1. The van der Waals surface area contributed by atoms with E-state index in [9.17, 15) is 10.1 Å². The van der Waals surface area contributed by atoms with E-state index in [0.29, 0.717) is 12.3 Å². The van der Waals surface area contributed by atoms with E-state index in [1.807, 2.05) is 42.7 Å². The Hall–Kier alpha value is -3.07. The minimum Gasteiger partial charge on any atom is -0.497 e. The molecular weight excluding hydrogens is 392 g/mol. The number of hydrogen-bond acceptors (Lipinski definition) is 7. The van der Waals surface area contributed by atoms with Crippen molar-refractivity contribution in [3.05, 3.63) is 70.0 Å². The summed E-state index contributed by atoms with van der Waals surface area (Å²) in [7, 11) is 1.62. The predicted molar refractivity (Wildman–Crippen MR) is 110 cm³/mol. The van der Waals surface area contributed by atoms with Gasteiger partial charge in [-0.3, -0.25) is 10.1 Å². The van der Waals surface area contributed by atoms with Gasteiger partial charge in [-0.1, -0.05) is 23.9 Å². The molecule has 0 amide bonds. The Balaban J connectivity index is 1.67. The second-order valence-corrected chi connectivity index (χ2v) is 7.18. The van der Waals surface area contributed by atoms with Crippen LogP contribution in [-0.4, -0.2) is 26.8 Å². The van der Waals surface area contributed by atoms with Crippen LogP contribution >= 0.6 is 11.8 Å². The summed E-state index contributed by atoms with van der Waals surface area (Å²) >= 11 is 1.54. The Labute approximate surface area is 173 Å². The number of aromatic nitrogens is 3. The molecule has 0 aliphatic carbocycles. The summed E-state index contributed by atoms with van der Waals surface area (Å²) < 4.78 is 13.2. The van der Waals surface area contributed by atoms with E-state index in [2.05, 4.69) is 10.2 Å². The van der Waals surface area contributed by atoms with Gasteiger partial charge in [0.05, 0.1) is 12.0 Å². The lowest BCUT2D eigenvalue weighted by atomic mass is 10.2. The van der Waals surface area contributed by atoms with Gasteiger partial charge in [0.15, 0.2) is 17.1 Å². The summed E-state index contributed by atoms with van der Waals surface area (Å²) in [5.74, 6) is 2.88. The highest BCUT2D eigenvalue weighted by atomic mass is 32.2. The first-order chi connectivity index (χ1) is 14.0. The van der Waals surface area contributed by atoms with Crippen molar-refractivity contribution in [2.75, 3.05) is 7.11 Å². The van der Waals surface area contributed by atoms with Crippen LogP contribution in [0.2, 0.25) is 0 Å². The molecule has 29 heavy (non-hydrogen) atoms. The third-order valence-corrected chi connectivity index (χ3v) is 5.35. The standard InChI is InChI=1S/C20H22N4O4S/c1-4-23-19(14(2)28-18-11-9-17(27-3)10-12-18)21-22-20(23)29-13-15-5-7-16(8-6-15)24(25)26/h5-12,14H,4,13H2,1-3H3. The molecule has 1 aromatic heterocycles. The van der Waals surface area contributed by atoms with E-state index >= 15 is 0 Å². The molecule has 152 valence electrons. The first-order valence-corrected chi connectivity index (χ1v) is 10.1. The molecule has 9 heteroatoms. The molecular formula is C20H22N4O4S. The molecule has 3 aromatic rings. The molecule has 0 fully saturated rings. The van der Waals surface area contributed by atoms with Gasteiger partial charge in [0.25, 0.3) is 5.69 Å². The van der Waals surface area contributed by atoms with E-state index in [0.717, 1.165) is 28.0 Å². The van der Waals surface area contributed by atoms with Crippen LogP contribution in [0.3, 0.4) is 0 Å². The maximum absolute atomic E-state index is 10.8. The Morgan fingerprint density at radius 1 is 1.10 bits per heavy atom. The van der Waals surface area contributed by atoms with E-state index in [4.69, 9.17) is 9.47 Å². The van der Waals surface area contributed by atoms with Crippen molar-refractivity contribution >= 4 is 17.4 Å². The summed E-state index contributed by atoms with van der Waals surface area (Å²) in [4.78, 5) is 10.4. The first-order valence-electron chi connectivity index (χ1n) is 9.11. The van der Waals surface area contributed by atoms with Crippen molar-refractivity contribution in [2.45, 2.75) is 37.4 Å². The molecule has 1 unspecified atom stereocenters. The molecule has 0 aliphatic heterocycles. The van der Waals surface area contributed by atoms with Crippen LogP contribution in [0.5, 0.6) is 11.5 Å². The Morgan fingerprint density at radius 2 is 1.76 bits per heavy atom. The molecule has 0 spiro atoms. The van der Waals surface area contributed by atoms with Gasteiger partial charge in [0, 0.05) is 24.4 Å². The molecule has 0 saturated heterocycles. The second kappa shape index (κ2) is 9.42. The molecule has 3 rings (SSSR count). The molecule has 8 nitrogen and oxygen atoms in total. The number of thioether (sulfide) groups is 1. The van der Waals surface area contributed by atoms with Gasteiger partial charge in [0.2, 0.25) is 0 Å². The van der Waals surface area contributed by atoms with E-state index < -0.39 is 4.92 Å². The maximum atomic E-state index is 10.8. The lowest BCUT2D eigenvalue weighted by molar-refractivity contribution is -0.384. The number of nitro benzene ring substituents is 1. The normalized spacial score (nSPS) is 11.8. The molecule has 1 atom stereocenters. The number of hydrogen-bond donors (Lipinski definition) is 0. The molecule has 0 radical (unpaired) electrons. The van der Waals surface area contributed by atoms with Crippen LogP contribution in [0, 0.1) is 10.1 Å². The number of rotatable bonds is 9. The zero-order valence-corrected chi connectivity index (χ0v) is 17.3. The Morgan fingerprint density at radius 3 is 2.34 bits per heavy atom. The predicted octanol–water partition coefficient (Wildman–Crippen LogP) is 4.65. The quantitative estimate of drug-likeness (QED) is 0.286. The average Bonchev–Trinajstić information content (AvgIpc) is 3.16. The first kappa shape index (κ1) is 20.7. The lowest BCUT2D eigenvalue weighted by Crippen LogP contribution is -2.12. The van der Waals surface area contributed by atoms with Crippen molar-refractivity contribution in [1.82, 2.24) is 14.8 Å². The van der Waals surface area contributed by atoms with Gasteiger partial charge in [0.1, 0.15) is 11.5 Å². The highest BCUT2D eigenvalue weighted by molar-refractivity contribution is 7.98. The number of nitrogens with zero attached hydrogens (tertiary/aromatic N) is 4. The number of ether oxygens (including phenoxy) is 2. The minimum absolute atomic E-state index is 0.0854. The maximum Gasteiger partial charge on any atom is 0.269 e. The summed E-state index contributed by atoms with van der Waals surface area (Å²) in [5.41, 5.74) is 1.07. The third-order valence-electron chi connectivity index (χ3n) is 4.31. The van der Waals surface area contributed by atoms with E-state index in [1.54, 1.807) is 19.2 Å². The van der Waals surface area contributed by atoms with Gasteiger partial charge < -0.3 is 14.0 Å². The number of benzene rings is 2. The van der Waals surface area contributed by atoms with E-state index in [-0.39, 0.29) is 11.8 Å². The molecule has 0 bridgehead atoms. The fraction of sp³-hybridized carbons (Fsp3) is 0.300. The van der Waals surface area contributed by atoms with Crippen LogP contribution in [0.15, 0.2) is 53.7 Å². The lowest BCUT2D eigenvalue weighted by Gasteiger charge is -2.15.